The Hall–Kier alpha value is -1.55. The predicted octanol–water partition coefficient (Wildman–Crippen LogP) is 1.32. The lowest BCUT2D eigenvalue weighted by Gasteiger charge is -2.19. The topological polar surface area (TPSA) is 66.6 Å². The van der Waals surface area contributed by atoms with Crippen LogP contribution < -0.4 is 5.73 Å². The molecule has 1 aromatic carbocycles. The van der Waals surface area contributed by atoms with Crippen LogP contribution in [0.2, 0.25) is 0 Å². The Labute approximate surface area is 102 Å². The minimum Gasteiger partial charge on any atom is -0.507 e. The van der Waals surface area contributed by atoms with Crippen molar-refractivity contribution in [1.82, 2.24) is 4.90 Å². The number of likely N-dealkylation sites (N-methyl/N-ethyl adjacent to an activating group) is 1. The van der Waals surface area contributed by atoms with Gasteiger partial charge in [-0.15, -0.1) is 0 Å². The molecule has 1 rings (SSSR count). The molecule has 0 fully saturated rings. The number of nitrogens with zero attached hydrogens (tertiary/aromatic N) is 1. The van der Waals surface area contributed by atoms with Crippen molar-refractivity contribution in [3.63, 3.8) is 0 Å². The van der Waals surface area contributed by atoms with Gasteiger partial charge in [-0.2, -0.15) is 0 Å². The molecule has 0 spiro atoms. The highest BCUT2D eigenvalue weighted by Crippen LogP contribution is 2.23. The Balaban J connectivity index is 2.83. The number of amides is 1. The minimum absolute atomic E-state index is 0.259. The number of phenolic OH excluding ortho intramolecular Hbond substituents is 1. The molecule has 0 unspecified atom stereocenters. The van der Waals surface area contributed by atoms with Gasteiger partial charge in [-0.25, -0.2) is 0 Å². The molecule has 3 N–H and O–H groups in total. The van der Waals surface area contributed by atoms with Gasteiger partial charge in [-0.1, -0.05) is 19.1 Å². The molecule has 0 aromatic heterocycles. The summed E-state index contributed by atoms with van der Waals surface area (Å²) in [4.78, 5) is 12.9. The first-order valence-corrected chi connectivity index (χ1v) is 5.73. The van der Waals surface area contributed by atoms with E-state index < -0.39 is 0 Å². The second kappa shape index (κ2) is 5.68. The van der Waals surface area contributed by atoms with Crippen molar-refractivity contribution in [2.24, 2.45) is 5.73 Å². The van der Waals surface area contributed by atoms with Crippen LogP contribution in [0.1, 0.15) is 23.6 Å². The van der Waals surface area contributed by atoms with E-state index in [0.717, 1.165) is 23.2 Å². The highest BCUT2D eigenvalue weighted by atomic mass is 16.3. The summed E-state index contributed by atoms with van der Waals surface area (Å²) in [5.41, 5.74) is 7.98. The Bertz CT molecular complexity index is 393. The zero-order valence-corrected chi connectivity index (χ0v) is 10.7. The van der Waals surface area contributed by atoms with E-state index in [2.05, 4.69) is 0 Å². The van der Waals surface area contributed by atoms with Crippen molar-refractivity contribution in [3.05, 3.63) is 28.8 Å². The van der Waals surface area contributed by atoms with E-state index in [1.165, 1.54) is 0 Å². The molecule has 0 atom stereocenters. The van der Waals surface area contributed by atoms with Crippen LogP contribution in [0.3, 0.4) is 0 Å². The lowest BCUT2D eigenvalue weighted by Crippen LogP contribution is -2.33. The SMILES string of the molecule is CCN(CC(N)=O)Cc1cc(C)c(O)c(C)c1. The van der Waals surface area contributed by atoms with E-state index in [0.29, 0.717) is 12.3 Å². The maximum Gasteiger partial charge on any atom is 0.231 e. The maximum atomic E-state index is 10.9. The molecule has 4 heteroatoms. The monoisotopic (exact) mass is 236 g/mol. The van der Waals surface area contributed by atoms with Crippen LogP contribution >= 0.6 is 0 Å². The van der Waals surface area contributed by atoms with Gasteiger partial charge in [0.15, 0.2) is 0 Å². The van der Waals surface area contributed by atoms with E-state index in [1.54, 1.807) is 0 Å². The number of carbonyl (C=O) groups is 1. The first-order valence-electron chi connectivity index (χ1n) is 5.73. The summed E-state index contributed by atoms with van der Waals surface area (Å²) in [7, 11) is 0. The smallest absolute Gasteiger partial charge is 0.231 e. The second-order valence-corrected chi connectivity index (χ2v) is 4.35. The largest absolute Gasteiger partial charge is 0.507 e. The maximum absolute atomic E-state index is 10.9. The normalized spacial score (nSPS) is 10.8. The van der Waals surface area contributed by atoms with Crippen LogP contribution in [-0.4, -0.2) is 29.0 Å². The Kier molecular flexibility index (Phi) is 4.52. The van der Waals surface area contributed by atoms with Gasteiger partial charge in [-0.05, 0) is 37.1 Å². The van der Waals surface area contributed by atoms with Gasteiger partial charge in [-0.3, -0.25) is 9.69 Å². The number of nitrogens with two attached hydrogens (primary N) is 1. The van der Waals surface area contributed by atoms with Crippen molar-refractivity contribution in [1.29, 1.82) is 0 Å². The number of rotatable bonds is 5. The lowest BCUT2D eigenvalue weighted by atomic mass is 10.1. The molecule has 0 aliphatic heterocycles. The third-order valence-electron chi connectivity index (χ3n) is 2.78. The average molecular weight is 236 g/mol. The number of primary amides is 1. The predicted molar refractivity (Wildman–Crippen MR) is 67.7 cm³/mol. The Morgan fingerprint density at radius 1 is 1.35 bits per heavy atom. The fourth-order valence-electron chi connectivity index (χ4n) is 1.89. The molecule has 0 saturated carbocycles. The molecule has 0 aliphatic rings. The molecule has 1 aromatic rings. The van der Waals surface area contributed by atoms with Crippen LogP contribution in [0.15, 0.2) is 12.1 Å². The zero-order valence-electron chi connectivity index (χ0n) is 10.7. The van der Waals surface area contributed by atoms with Crippen molar-refractivity contribution in [2.45, 2.75) is 27.3 Å². The van der Waals surface area contributed by atoms with Crippen molar-refractivity contribution in [2.75, 3.05) is 13.1 Å². The molecule has 0 heterocycles. The average Bonchev–Trinajstić information content (AvgIpc) is 2.24. The van der Waals surface area contributed by atoms with Crippen molar-refractivity contribution >= 4 is 5.91 Å². The van der Waals surface area contributed by atoms with Crippen LogP contribution in [-0.2, 0) is 11.3 Å². The summed E-state index contributed by atoms with van der Waals surface area (Å²) < 4.78 is 0. The number of benzene rings is 1. The summed E-state index contributed by atoms with van der Waals surface area (Å²) in [6.45, 7) is 7.42. The number of carbonyl (C=O) groups excluding carboxylic acids is 1. The molecule has 1 amide bonds. The van der Waals surface area contributed by atoms with Crippen molar-refractivity contribution < 1.29 is 9.90 Å². The summed E-state index contributed by atoms with van der Waals surface area (Å²) in [5.74, 6) is 0.0192. The van der Waals surface area contributed by atoms with Gasteiger partial charge in [0.05, 0.1) is 6.54 Å². The summed E-state index contributed by atoms with van der Waals surface area (Å²) in [6, 6.07) is 3.87. The van der Waals surface area contributed by atoms with Crippen LogP contribution in [0.4, 0.5) is 0 Å². The molecular formula is C13H20N2O2. The van der Waals surface area contributed by atoms with Crippen LogP contribution in [0.5, 0.6) is 5.75 Å². The molecule has 4 nitrogen and oxygen atoms in total. The highest BCUT2D eigenvalue weighted by Gasteiger charge is 2.09. The molecule has 0 bridgehead atoms. The Morgan fingerprint density at radius 3 is 2.29 bits per heavy atom. The summed E-state index contributed by atoms with van der Waals surface area (Å²) >= 11 is 0. The van der Waals surface area contributed by atoms with E-state index in [9.17, 15) is 9.90 Å². The fraction of sp³-hybridized carbons (Fsp3) is 0.462. The minimum atomic E-state index is -0.320. The van der Waals surface area contributed by atoms with Gasteiger partial charge in [0, 0.05) is 6.54 Å². The molecule has 0 radical (unpaired) electrons. The third-order valence-corrected chi connectivity index (χ3v) is 2.78. The standard InChI is InChI=1S/C13H20N2O2/c1-4-15(8-12(14)16)7-11-5-9(2)13(17)10(3)6-11/h5-6,17H,4,7-8H2,1-3H3,(H2,14,16). The highest BCUT2D eigenvalue weighted by molar-refractivity contribution is 5.75. The van der Waals surface area contributed by atoms with E-state index in [1.807, 2.05) is 37.8 Å². The second-order valence-electron chi connectivity index (χ2n) is 4.35. The number of hydrogen-bond acceptors (Lipinski definition) is 3. The quantitative estimate of drug-likeness (QED) is 0.810. The Morgan fingerprint density at radius 2 is 1.88 bits per heavy atom. The summed E-state index contributed by atoms with van der Waals surface area (Å²) in [5, 5.41) is 9.68. The molecule has 0 saturated heterocycles. The van der Waals surface area contributed by atoms with E-state index in [-0.39, 0.29) is 12.5 Å². The molecular weight excluding hydrogens is 216 g/mol. The van der Waals surface area contributed by atoms with Crippen molar-refractivity contribution in [3.8, 4) is 5.75 Å². The summed E-state index contributed by atoms with van der Waals surface area (Å²) in [6.07, 6.45) is 0. The van der Waals surface area contributed by atoms with E-state index in [4.69, 9.17) is 5.73 Å². The van der Waals surface area contributed by atoms with Gasteiger partial charge in [0.2, 0.25) is 5.91 Å². The number of aromatic hydroxyl groups is 1. The van der Waals surface area contributed by atoms with Gasteiger partial charge < -0.3 is 10.8 Å². The van der Waals surface area contributed by atoms with Gasteiger partial charge in [0.1, 0.15) is 5.75 Å². The molecule has 17 heavy (non-hydrogen) atoms. The molecule has 94 valence electrons. The van der Waals surface area contributed by atoms with Gasteiger partial charge in [0.25, 0.3) is 0 Å². The van der Waals surface area contributed by atoms with Crippen LogP contribution in [0, 0.1) is 13.8 Å². The zero-order chi connectivity index (χ0) is 13.0. The number of aryl methyl sites for hydroxylation is 2. The van der Waals surface area contributed by atoms with Gasteiger partial charge >= 0.3 is 0 Å². The number of phenols is 1. The third kappa shape index (κ3) is 3.75. The van der Waals surface area contributed by atoms with E-state index >= 15 is 0 Å². The number of hydrogen-bond donors (Lipinski definition) is 2. The van der Waals surface area contributed by atoms with Crippen LogP contribution in [0.25, 0.3) is 0 Å². The first kappa shape index (κ1) is 13.5. The molecule has 0 aliphatic carbocycles. The fourth-order valence-corrected chi connectivity index (χ4v) is 1.89. The lowest BCUT2D eigenvalue weighted by molar-refractivity contribution is -0.119. The first-order chi connectivity index (χ1) is 7.93.